The zero-order valence-electron chi connectivity index (χ0n) is 8.36. The Bertz CT molecular complexity index is 373. The lowest BCUT2D eigenvalue weighted by atomic mass is 10.1. The van der Waals surface area contributed by atoms with E-state index in [-0.39, 0.29) is 5.71 Å². The smallest absolute Gasteiger partial charge is 0.360 e. The lowest BCUT2D eigenvalue weighted by Gasteiger charge is -2.03. The first-order valence-electron chi connectivity index (χ1n) is 4.14. The molecule has 0 saturated heterocycles. The molecular weight excluding hydrogens is 218 g/mol. The summed E-state index contributed by atoms with van der Waals surface area (Å²) in [6, 6.07) is 6.64. The number of carbonyl (C=O) groups excluding carboxylic acids is 1. The standard InChI is InChI=1S/C10H10ClNO3/c1-14-10(13)9(12-15-2)7-3-5-8(11)6-4-7/h3-6H,1-2H3/b12-9+. The first-order valence-corrected chi connectivity index (χ1v) is 4.52. The Labute approximate surface area is 92.4 Å². The fourth-order valence-corrected chi connectivity index (χ4v) is 1.13. The first-order chi connectivity index (χ1) is 7.19. The summed E-state index contributed by atoms with van der Waals surface area (Å²) in [4.78, 5) is 15.9. The Hall–Kier alpha value is -1.55. The van der Waals surface area contributed by atoms with Crippen molar-refractivity contribution in [1.29, 1.82) is 0 Å². The largest absolute Gasteiger partial charge is 0.464 e. The minimum atomic E-state index is -0.556. The van der Waals surface area contributed by atoms with Crippen molar-refractivity contribution in [2.75, 3.05) is 14.2 Å². The number of methoxy groups -OCH3 is 1. The number of benzene rings is 1. The van der Waals surface area contributed by atoms with Crippen LogP contribution in [0.25, 0.3) is 0 Å². The summed E-state index contributed by atoms with van der Waals surface area (Å²) in [5.74, 6) is -0.556. The van der Waals surface area contributed by atoms with E-state index in [0.29, 0.717) is 10.6 Å². The Kier molecular flexibility index (Phi) is 4.12. The maximum absolute atomic E-state index is 11.3. The molecule has 15 heavy (non-hydrogen) atoms. The Morgan fingerprint density at radius 3 is 2.33 bits per heavy atom. The summed E-state index contributed by atoms with van der Waals surface area (Å²) in [6.07, 6.45) is 0. The van der Waals surface area contributed by atoms with E-state index in [9.17, 15) is 4.79 Å². The molecule has 0 amide bonds. The topological polar surface area (TPSA) is 47.9 Å². The number of carbonyl (C=O) groups is 1. The molecule has 0 fully saturated rings. The van der Waals surface area contributed by atoms with Gasteiger partial charge in [0.25, 0.3) is 0 Å². The molecule has 0 N–H and O–H groups in total. The van der Waals surface area contributed by atoms with Crippen LogP contribution in [0, 0.1) is 0 Å². The molecule has 0 aliphatic rings. The summed E-state index contributed by atoms with van der Waals surface area (Å²) in [6.45, 7) is 0. The van der Waals surface area contributed by atoms with E-state index in [2.05, 4.69) is 14.7 Å². The van der Waals surface area contributed by atoms with Gasteiger partial charge >= 0.3 is 5.97 Å². The number of halogens is 1. The van der Waals surface area contributed by atoms with Crippen molar-refractivity contribution in [2.45, 2.75) is 0 Å². The highest BCUT2D eigenvalue weighted by Crippen LogP contribution is 2.11. The second-order valence-corrected chi connectivity index (χ2v) is 3.06. The molecule has 0 saturated carbocycles. The number of ether oxygens (including phenoxy) is 1. The molecule has 0 heterocycles. The summed E-state index contributed by atoms with van der Waals surface area (Å²) < 4.78 is 4.57. The van der Waals surface area contributed by atoms with Crippen LogP contribution in [0.3, 0.4) is 0 Å². The number of hydrogen-bond acceptors (Lipinski definition) is 4. The minimum absolute atomic E-state index is 0.108. The molecule has 0 unspecified atom stereocenters. The van der Waals surface area contributed by atoms with Crippen molar-refractivity contribution in [1.82, 2.24) is 0 Å². The highest BCUT2D eigenvalue weighted by molar-refractivity contribution is 6.43. The first kappa shape index (κ1) is 11.5. The number of nitrogens with zero attached hydrogens (tertiary/aromatic N) is 1. The fraction of sp³-hybridized carbons (Fsp3) is 0.200. The van der Waals surface area contributed by atoms with Gasteiger partial charge in [-0.25, -0.2) is 4.79 Å². The lowest BCUT2D eigenvalue weighted by Crippen LogP contribution is -2.17. The highest BCUT2D eigenvalue weighted by Gasteiger charge is 2.15. The SMILES string of the molecule is CO/N=C(/C(=O)OC)c1ccc(Cl)cc1. The molecule has 0 bridgehead atoms. The molecule has 0 spiro atoms. The van der Waals surface area contributed by atoms with E-state index in [1.165, 1.54) is 14.2 Å². The molecule has 5 heteroatoms. The van der Waals surface area contributed by atoms with Gasteiger partial charge in [-0.2, -0.15) is 0 Å². The van der Waals surface area contributed by atoms with Gasteiger partial charge in [0.1, 0.15) is 7.11 Å². The van der Waals surface area contributed by atoms with Crippen LogP contribution in [0.1, 0.15) is 5.56 Å². The molecule has 0 aliphatic carbocycles. The van der Waals surface area contributed by atoms with Gasteiger partial charge in [0.15, 0.2) is 5.71 Å². The van der Waals surface area contributed by atoms with Gasteiger partial charge in [0, 0.05) is 10.6 Å². The summed E-state index contributed by atoms with van der Waals surface area (Å²) >= 11 is 5.72. The summed E-state index contributed by atoms with van der Waals surface area (Å²) in [5.41, 5.74) is 0.699. The van der Waals surface area contributed by atoms with Crippen LogP contribution in [-0.2, 0) is 14.4 Å². The zero-order valence-corrected chi connectivity index (χ0v) is 9.12. The third kappa shape index (κ3) is 2.95. The second-order valence-electron chi connectivity index (χ2n) is 2.62. The van der Waals surface area contributed by atoms with Crippen LogP contribution < -0.4 is 0 Å². The van der Waals surface area contributed by atoms with Crippen molar-refractivity contribution < 1.29 is 14.4 Å². The average molecular weight is 228 g/mol. The van der Waals surface area contributed by atoms with Gasteiger partial charge in [-0.05, 0) is 12.1 Å². The van der Waals surface area contributed by atoms with E-state index in [0.717, 1.165) is 0 Å². The quantitative estimate of drug-likeness (QED) is 0.450. The molecule has 4 nitrogen and oxygen atoms in total. The predicted octanol–water partition coefficient (Wildman–Crippen LogP) is 1.86. The lowest BCUT2D eigenvalue weighted by molar-refractivity contribution is -0.132. The minimum Gasteiger partial charge on any atom is -0.464 e. The molecule has 1 aromatic carbocycles. The molecule has 1 aromatic rings. The zero-order chi connectivity index (χ0) is 11.3. The van der Waals surface area contributed by atoms with Crippen LogP contribution in [-0.4, -0.2) is 25.9 Å². The van der Waals surface area contributed by atoms with Crippen molar-refractivity contribution in [3.8, 4) is 0 Å². The monoisotopic (exact) mass is 227 g/mol. The van der Waals surface area contributed by atoms with Crippen LogP contribution >= 0.6 is 11.6 Å². The Morgan fingerprint density at radius 2 is 1.87 bits per heavy atom. The van der Waals surface area contributed by atoms with Gasteiger partial charge in [-0.1, -0.05) is 28.9 Å². The maximum Gasteiger partial charge on any atom is 0.360 e. The summed E-state index contributed by atoms with van der Waals surface area (Å²) in [5, 5.41) is 4.18. The van der Waals surface area contributed by atoms with Crippen LogP contribution in [0.4, 0.5) is 0 Å². The van der Waals surface area contributed by atoms with E-state index in [1.54, 1.807) is 24.3 Å². The van der Waals surface area contributed by atoms with Crippen molar-refractivity contribution in [3.05, 3.63) is 34.9 Å². The normalized spacial score (nSPS) is 11.0. The maximum atomic E-state index is 11.3. The van der Waals surface area contributed by atoms with Gasteiger partial charge in [-0.15, -0.1) is 0 Å². The van der Waals surface area contributed by atoms with Crippen molar-refractivity contribution in [2.24, 2.45) is 5.16 Å². The average Bonchev–Trinajstić information content (AvgIpc) is 2.26. The van der Waals surface area contributed by atoms with Gasteiger partial charge in [-0.3, -0.25) is 0 Å². The molecule has 0 radical (unpaired) electrons. The Morgan fingerprint density at radius 1 is 1.27 bits per heavy atom. The molecule has 1 rings (SSSR count). The van der Waals surface area contributed by atoms with E-state index in [4.69, 9.17) is 11.6 Å². The van der Waals surface area contributed by atoms with Crippen molar-refractivity contribution in [3.63, 3.8) is 0 Å². The third-order valence-corrected chi connectivity index (χ3v) is 1.93. The van der Waals surface area contributed by atoms with Crippen molar-refractivity contribution >= 4 is 23.3 Å². The van der Waals surface area contributed by atoms with Gasteiger partial charge in [0.2, 0.25) is 0 Å². The van der Waals surface area contributed by atoms with E-state index >= 15 is 0 Å². The molecule has 80 valence electrons. The predicted molar refractivity (Wildman–Crippen MR) is 57.0 cm³/mol. The fourth-order valence-electron chi connectivity index (χ4n) is 1.00. The Balaban J connectivity index is 3.05. The van der Waals surface area contributed by atoms with Gasteiger partial charge < -0.3 is 9.57 Å². The third-order valence-electron chi connectivity index (χ3n) is 1.68. The van der Waals surface area contributed by atoms with Crippen LogP contribution in [0.15, 0.2) is 29.4 Å². The van der Waals surface area contributed by atoms with Crippen LogP contribution in [0.5, 0.6) is 0 Å². The van der Waals surface area contributed by atoms with E-state index in [1.807, 2.05) is 0 Å². The molecule has 0 aromatic heterocycles. The molecule has 0 aliphatic heterocycles. The number of oxime groups is 1. The van der Waals surface area contributed by atoms with Gasteiger partial charge in [0.05, 0.1) is 7.11 Å². The number of hydrogen-bond donors (Lipinski definition) is 0. The summed E-state index contributed by atoms with van der Waals surface area (Å²) in [7, 11) is 2.64. The van der Waals surface area contributed by atoms with Crippen LogP contribution in [0.2, 0.25) is 5.02 Å². The number of rotatable bonds is 3. The second kappa shape index (κ2) is 5.36. The molecular formula is C10H10ClNO3. The highest BCUT2D eigenvalue weighted by atomic mass is 35.5. The molecule has 0 atom stereocenters. The van der Waals surface area contributed by atoms with E-state index < -0.39 is 5.97 Å². The number of esters is 1.